The molecule has 1 fully saturated rings. The van der Waals surface area contributed by atoms with Gasteiger partial charge in [-0.1, -0.05) is 39.0 Å². The van der Waals surface area contributed by atoms with Crippen LogP contribution in [0.25, 0.3) is 0 Å². The van der Waals surface area contributed by atoms with Crippen molar-refractivity contribution in [3.8, 4) is 5.75 Å². The van der Waals surface area contributed by atoms with E-state index in [0.29, 0.717) is 36.6 Å². The van der Waals surface area contributed by atoms with Crippen LogP contribution < -0.4 is 10.1 Å². The Morgan fingerprint density at radius 1 is 1.33 bits per heavy atom. The van der Waals surface area contributed by atoms with Gasteiger partial charge in [-0.3, -0.25) is 9.48 Å². The third-order valence-electron chi connectivity index (χ3n) is 5.91. The molecule has 2 heterocycles. The highest BCUT2D eigenvalue weighted by molar-refractivity contribution is 5.83. The minimum Gasteiger partial charge on any atom is -0.480 e. The van der Waals surface area contributed by atoms with E-state index in [4.69, 9.17) is 4.74 Å². The lowest BCUT2D eigenvalue weighted by Crippen LogP contribution is -2.40. The van der Waals surface area contributed by atoms with Gasteiger partial charge in [0.15, 0.2) is 6.10 Å². The number of allylic oxidation sites excluding steroid dienone is 1. The van der Waals surface area contributed by atoms with Gasteiger partial charge < -0.3 is 19.9 Å². The monoisotopic (exact) mass is 507 g/mol. The molecule has 36 heavy (non-hydrogen) atoms. The van der Waals surface area contributed by atoms with Crippen molar-refractivity contribution in [3.63, 3.8) is 0 Å². The fourth-order valence-electron chi connectivity index (χ4n) is 3.95. The van der Waals surface area contributed by atoms with Crippen LogP contribution in [0.3, 0.4) is 0 Å². The molecule has 2 aromatic rings. The molecule has 1 amide bonds. The number of hydrogen-bond donors (Lipinski definition) is 2. The molecule has 7 nitrogen and oxygen atoms in total. The molecule has 1 aliphatic carbocycles. The fraction of sp³-hybridized carbons (Fsp3) is 0.556. The average Bonchev–Trinajstić information content (AvgIpc) is 3.23. The molecule has 1 aliphatic heterocycles. The first-order chi connectivity index (χ1) is 16.9. The molecule has 0 spiro atoms. The number of ether oxygens (including phenoxy) is 2. The zero-order valence-electron chi connectivity index (χ0n) is 22.1. The molecule has 0 saturated heterocycles. The summed E-state index contributed by atoms with van der Waals surface area (Å²) in [4.78, 5) is 12.0. The molecule has 2 aliphatic rings. The summed E-state index contributed by atoms with van der Waals surface area (Å²) in [6.07, 6.45) is 1.30. The topological polar surface area (TPSA) is 85.6 Å². The summed E-state index contributed by atoms with van der Waals surface area (Å²) in [5.74, 6) is 0.648. The van der Waals surface area contributed by atoms with Crippen molar-refractivity contribution in [1.29, 1.82) is 0 Å². The summed E-state index contributed by atoms with van der Waals surface area (Å²) in [7, 11) is 1.84. The van der Waals surface area contributed by atoms with Crippen LogP contribution in [0.15, 0.2) is 42.9 Å². The highest BCUT2D eigenvalue weighted by atomic mass is 19.3. The van der Waals surface area contributed by atoms with E-state index in [0.717, 1.165) is 23.6 Å². The van der Waals surface area contributed by atoms with Gasteiger partial charge in [-0.2, -0.15) is 13.9 Å². The molecule has 0 bridgehead atoms. The number of alkyl halides is 2. The normalized spacial score (nSPS) is 22.4. The quantitative estimate of drug-likeness (QED) is 0.536. The number of fused-ring (bicyclic) bond motifs is 1. The molecule has 1 saturated carbocycles. The number of aromatic nitrogens is 2. The van der Waals surface area contributed by atoms with Crippen LogP contribution >= 0.6 is 0 Å². The van der Waals surface area contributed by atoms with Gasteiger partial charge in [0.1, 0.15) is 5.75 Å². The van der Waals surface area contributed by atoms with Crippen LogP contribution in [-0.4, -0.2) is 39.1 Å². The lowest BCUT2D eigenvalue weighted by molar-refractivity contribution is -0.264. The van der Waals surface area contributed by atoms with Crippen LogP contribution in [0.2, 0.25) is 0 Å². The molecule has 2 atom stereocenters. The molecule has 1 aromatic heterocycles. The largest absolute Gasteiger partial charge is 0.480 e. The number of aliphatic hydroxyl groups is 1. The Hall–Kier alpha value is -2.78. The van der Waals surface area contributed by atoms with Crippen LogP contribution in [0.5, 0.6) is 5.75 Å². The van der Waals surface area contributed by atoms with Crippen LogP contribution in [0, 0.1) is 6.92 Å². The van der Waals surface area contributed by atoms with E-state index in [9.17, 15) is 18.7 Å². The third-order valence-corrected chi connectivity index (χ3v) is 5.91. The van der Waals surface area contributed by atoms with Crippen LogP contribution in [0.4, 0.5) is 8.78 Å². The first-order valence-electron chi connectivity index (χ1n) is 12.4. The maximum Gasteiger partial charge on any atom is 0.353 e. The highest BCUT2D eigenvalue weighted by Crippen LogP contribution is 2.40. The third kappa shape index (κ3) is 8.41. The summed E-state index contributed by atoms with van der Waals surface area (Å²) < 4.78 is 36.9. The van der Waals surface area contributed by atoms with Gasteiger partial charge in [-0.15, -0.1) is 0 Å². The number of nitrogens with zero attached hydrogens (tertiary/aromatic N) is 2. The predicted molar refractivity (Wildman–Crippen MR) is 135 cm³/mol. The van der Waals surface area contributed by atoms with Gasteiger partial charge in [0, 0.05) is 37.8 Å². The maximum atomic E-state index is 12.5. The van der Waals surface area contributed by atoms with Crippen molar-refractivity contribution in [2.45, 2.75) is 90.6 Å². The van der Waals surface area contributed by atoms with E-state index < -0.39 is 18.3 Å². The second-order valence-corrected chi connectivity index (χ2v) is 9.01. The van der Waals surface area contributed by atoms with Crippen molar-refractivity contribution in [3.05, 3.63) is 59.6 Å². The number of halogens is 2. The Morgan fingerprint density at radius 3 is 2.56 bits per heavy atom. The van der Waals surface area contributed by atoms with E-state index in [1.807, 2.05) is 53.1 Å². The number of aliphatic hydroxyl groups excluding tert-OH is 1. The molecule has 2 unspecified atom stereocenters. The van der Waals surface area contributed by atoms with Gasteiger partial charge in [0.2, 0.25) is 0 Å². The Kier molecular flexibility index (Phi) is 10.6. The summed E-state index contributed by atoms with van der Waals surface area (Å²) in [6, 6.07) is 5.58. The Bertz CT molecular complexity index is 1010. The van der Waals surface area contributed by atoms with Gasteiger partial charge in [0.05, 0.1) is 18.4 Å². The number of rotatable bonds is 6. The van der Waals surface area contributed by atoms with Crippen molar-refractivity contribution < 1.29 is 28.2 Å². The lowest BCUT2D eigenvalue weighted by atomic mass is 9.78. The standard InChI is InChI=1S/C15H19NO3.C10H14F2N2O.C2H6/c1-4-10(3)16-15(18)14-8-12(17)11-7-9(2)5-6-13(11)19-14;1-10(11,12)15-9-3-7(4-9)8-5-13-14(2)6-8;1-2/h5-7,12,14,17H,3-4,8H2,1-2H3,(H,16,18);5-7,9H,3-4H2,1-2H3;1-2H3. The number of benzene rings is 1. The Labute approximate surface area is 212 Å². The van der Waals surface area contributed by atoms with Crippen LogP contribution in [-0.2, 0) is 16.6 Å². The van der Waals surface area contributed by atoms with E-state index >= 15 is 0 Å². The van der Waals surface area contributed by atoms with Gasteiger partial charge >= 0.3 is 6.11 Å². The lowest BCUT2D eigenvalue weighted by Gasteiger charge is -2.35. The van der Waals surface area contributed by atoms with Gasteiger partial charge in [-0.05, 0) is 49.8 Å². The minimum absolute atomic E-state index is 0.253. The Balaban J connectivity index is 0.000000243. The smallest absolute Gasteiger partial charge is 0.353 e. The molecule has 1 aromatic carbocycles. The summed E-state index contributed by atoms with van der Waals surface area (Å²) in [5.41, 5.74) is 3.57. The van der Waals surface area contributed by atoms with Crippen LogP contribution in [0.1, 0.15) is 82.1 Å². The molecule has 0 radical (unpaired) electrons. The fourth-order valence-corrected chi connectivity index (χ4v) is 3.95. The second kappa shape index (κ2) is 13.0. The number of aryl methyl sites for hydroxylation is 2. The average molecular weight is 508 g/mol. The molecule has 9 heteroatoms. The van der Waals surface area contributed by atoms with Crippen molar-refractivity contribution in [2.24, 2.45) is 7.05 Å². The maximum absolute atomic E-state index is 12.5. The summed E-state index contributed by atoms with van der Waals surface area (Å²) >= 11 is 0. The molecule has 200 valence electrons. The summed E-state index contributed by atoms with van der Waals surface area (Å²) in [5, 5.41) is 16.9. The first kappa shape index (κ1) is 29.5. The van der Waals surface area contributed by atoms with Crippen molar-refractivity contribution in [2.75, 3.05) is 0 Å². The zero-order chi connectivity index (χ0) is 27.0. The van der Waals surface area contributed by atoms with E-state index in [-0.39, 0.29) is 18.4 Å². The Morgan fingerprint density at radius 2 is 2.00 bits per heavy atom. The second-order valence-electron chi connectivity index (χ2n) is 9.01. The van der Waals surface area contributed by atoms with Gasteiger partial charge in [-0.25, -0.2) is 0 Å². The first-order valence-corrected chi connectivity index (χ1v) is 12.4. The van der Waals surface area contributed by atoms with Gasteiger partial charge in [0.25, 0.3) is 5.91 Å². The predicted octanol–water partition coefficient (Wildman–Crippen LogP) is 5.54. The van der Waals surface area contributed by atoms with Crippen molar-refractivity contribution >= 4 is 5.91 Å². The summed E-state index contributed by atoms with van der Waals surface area (Å²) in [6.45, 7) is 12.4. The SMILES string of the molecule is C=C(CC)NC(=O)C1CC(O)c2cc(C)ccc2O1.CC.Cn1cc(C2CC(OC(C)(F)F)C2)cn1. The molecular formula is C27H39F2N3O4. The van der Waals surface area contributed by atoms with Crippen molar-refractivity contribution in [1.82, 2.24) is 15.1 Å². The minimum atomic E-state index is -3.01. The number of carbonyl (C=O) groups excluding carboxylic acids is 1. The van der Waals surface area contributed by atoms with E-state index in [1.54, 1.807) is 16.9 Å². The number of carbonyl (C=O) groups is 1. The molecule has 4 rings (SSSR count). The molecule has 2 N–H and O–H groups in total. The number of amides is 1. The zero-order valence-corrected chi connectivity index (χ0v) is 22.1. The van der Waals surface area contributed by atoms with E-state index in [1.165, 1.54) is 0 Å². The number of hydrogen-bond acceptors (Lipinski definition) is 5. The number of nitrogens with one attached hydrogen (secondary N) is 1. The van der Waals surface area contributed by atoms with E-state index in [2.05, 4.69) is 21.7 Å². The highest BCUT2D eigenvalue weighted by Gasteiger charge is 2.37. The molecular weight excluding hydrogens is 468 g/mol.